The molecule has 0 spiro atoms. The number of carboxylic acids is 2. The van der Waals surface area contributed by atoms with Crippen molar-refractivity contribution in [1.82, 2.24) is 106 Å². The quantitative estimate of drug-likeness (QED) is 0.0524. The first-order valence-corrected chi connectivity index (χ1v) is 27.9. The van der Waals surface area contributed by atoms with Crippen molar-refractivity contribution in [2.24, 2.45) is 11.5 Å². The molecule has 11 aromatic rings. The number of anilines is 1. The van der Waals surface area contributed by atoms with Crippen molar-refractivity contribution >= 4 is 99.2 Å². The fourth-order valence-electron chi connectivity index (χ4n) is 7.11. The highest BCUT2D eigenvalue weighted by Gasteiger charge is 2.21. The van der Waals surface area contributed by atoms with E-state index in [0.717, 1.165) is 58.2 Å². The number of hydrogen-bond donors (Lipinski definition) is 6. The molecule has 6 aromatic carbocycles. The molecule has 5 aromatic heterocycles. The number of hydrogen-bond acceptors (Lipinski definition) is 23. The number of carbonyl (C=O) groups excluding carboxylic acids is 2. The summed E-state index contributed by atoms with van der Waals surface area (Å²) in [5, 5.41) is 80.1. The van der Waals surface area contributed by atoms with Gasteiger partial charge in [-0.15, -0.1) is 25.5 Å². The van der Waals surface area contributed by atoms with E-state index in [0.29, 0.717) is 22.5 Å². The smallest absolute Gasteiger partial charge is 0.407 e. The summed E-state index contributed by atoms with van der Waals surface area (Å²) in [6, 6.07) is 15.6. The fraction of sp³-hybridized carbons (Fsp3) is 0.115. The van der Waals surface area contributed by atoms with Crippen LogP contribution in [0.3, 0.4) is 0 Å². The van der Waals surface area contributed by atoms with Crippen LogP contribution in [0, 0.1) is 46.2 Å². The molecule has 96 heavy (non-hydrogen) atoms. The van der Waals surface area contributed by atoms with Crippen LogP contribution >= 0.6 is 69.6 Å². The van der Waals surface area contributed by atoms with Crippen molar-refractivity contribution in [3.8, 4) is 34.5 Å². The van der Waals surface area contributed by atoms with Crippen LogP contribution in [0.2, 0.25) is 30.1 Å². The number of nitrogens with one attached hydrogen (secondary N) is 1. The number of nitrogen functional groups attached to an aromatic ring is 1. The number of nitrogens with zero attached hydrogens (tertiary/aromatic N) is 21. The number of tetrazole rings is 5. The number of benzene rings is 6. The molecule has 498 valence electrons. The van der Waals surface area contributed by atoms with Crippen molar-refractivity contribution in [3.05, 3.63) is 203 Å². The summed E-state index contributed by atoms with van der Waals surface area (Å²) in [6.07, 6.45) is 5.74. The third-order valence-corrected chi connectivity index (χ3v) is 13.1. The number of alkyl carbamates (subject to hydrolysis) is 1. The van der Waals surface area contributed by atoms with Crippen LogP contribution in [0.15, 0.2) is 104 Å². The Balaban J connectivity index is 0.000000184. The summed E-state index contributed by atoms with van der Waals surface area (Å²) in [5.74, 6) is -7.11. The molecule has 9 N–H and O–H groups in total. The predicted octanol–water partition coefficient (Wildman–Crippen LogP) is 8.19. The molecule has 0 aliphatic carbocycles. The Kier molecular flexibility index (Phi) is 25.9. The highest BCUT2D eigenvalue weighted by molar-refractivity contribution is 6.32. The van der Waals surface area contributed by atoms with E-state index < -0.39 is 64.4 Å². The van der Waals surface area contributed by atoms with Crippen LogP contribution < -0.4 is 22.5 Å². The number of nitrogens with two attached hydrogens (primary N) is 3. The second-order valence-corrected chi connectivity index (χ2v) is 21.4. The average Bonchev–Trinajstić information content (AvgIpc) is 1.53. The highest BCUT2D eigenvalue weighted by atomic mass is 35.5. The minimum absolute atomic E-state index is 0.0133. The lowest BCUT2D eigenvalue weighted by atomic mass is 10.1. The summed E-state index contributed by atoms with van der Waals surface area (Å²) in [5.41, 5.74) is 17.5. The molecule has 0 saturated heterocycles. The number of aromatic nitrogens is 20. The van der Waals surface area contributed by atoms with Gasteiger partial charge in [0.2, 0.25) is 0 Å². The Morgan fingerprint density at radius 1 is 0.500 bits per heavy atom. The first-order valence-electron chi connectivity index (χ1n) is 25.6. The Morgan fingerprint density at radius 2 is 0.823 bits per heavy atom. The second kappa shape index (κ2) is 33.7. The zero-order valence-corrected chi connectivity index (χ0v) is 52.9. The van der Waals surface area contributed by atoms with Crippen molar-refractivity contribution in [3.63, 3.8) is 0 Å². The van der Waals surface area contributed by atoms with Gasteiger partial charge in [0.25, 0.3) is 5.91 Å². The lowest BCUT2D eigenvalue weighted by Crippen LogP contribution is -2.32. The van der Waals surface area contributed by atoms with Gasteiger partial charge in [-0.1, -0.05) is 69.6 Å². The first-order chi connectivity index (χ1) is 45.4. The Bertz CT molecular complexity index is 4480. The average molecular weight is 1450 g/mol. The van der Waals surface area contributed by atoms with E-state index >= 15 is 0 Å². The maximum absolute atomic E-state index is 13.6. The summed E-state index contributed by atoms with van der Waals surface area (Å²) in [6.45, 7) is 5.59. The molecule has 0 bridgehead atoms. The van der Waals surface area contributed by atoms with Crippen LogP contribution in [0.5, 0.6) is 0 Å². The number of aromatic carboxylic acids is 2. The van der Waals surface area contributed by atoms with Gasteiger partial charge in [0.1, 0.15) is 78.2 Å². The van der Waals surface area contributed by atoms with Gasteiger partial charge in [-0.2, -0.15) is 19.3 Å². The maximum atomic E-state index is 13.6. The topological polar surface area (TPSA) is 450 Å². The van der Waals surface area contributed by atoms with Gasteiger partial charge in [0.15, 0.2) is 0 Å². The molecule has 0 saturated carbocycles. The maximum Gasteiger partial charge on any atom is 0.407 e. The minimum Gasteiger partial charge on any atom is -0.478 e. The molecule has 2 amide bonds. The van der Waals surface area contributed by atoms with Crippen LogP contribution in [0.1, 0.15) is 68.5 Å². The molecule has 11 rings (SSSR count). The Hall–Kier alpha value is -11.1. The number of primary amides is 1. The molecule has 0 aliphatic rings. The largest absolute Gasteiger partial charge is 0.478 e. The standard InChI is InChI=1S/C13H15ClFN5O2.C8H5ClFN5O.C8H7ClFN5.C8H3ClFN5.C8H4ClFN4O2.C7H5ClFNO2/c1-13(2,3)22-12(21)16-6-8-4-9(14)10(15)5-11(8)20-7-17-18-19-20;9-5-1-4(8(11)16)7(2-6(5)10)15-3-12-13-14-15;2*9-6-1-5(3-11)8(2-7(6)10)15-4-12-13-14-15;9-5-1-4(8(15)16)7(2-6(5)10)14-3-11-12-13-14;8-4-1-3(7(11)12)6(10)2-5(4)9/h4-5,7H,6H2,1-3H3,(H,16,21);1-3H,(H2,11,16);1-2,4H,3,11H2;1-2,4H;1-3H,(H,15,16);1-2H,10H2,(H,11,12). The molecule has 0 unspecified atom stereocenters. The summed E-state index contributed by atoms with van der Waals surface area (Å²) in [4.78, 5) is 44.2. The van der Waals surface area contributed by atoms with Gasteiger partial charge in [0, 0.05) is 49.1 Å². The third-order valence-electron chi connectivity index (χ3n) is 11.3. The SMILES string of the molecule is CC(C)(C)OC(=O)NCc1cc(Cl)c(F)cc1-n1cnnn1.N#Cc1cc(Cl)c(F)cc1-n1cnnn1.NC(=O)c1cc(Cl)c(F)cc1-n1cnnn1.NCc1cc(Cl)c(F)cc1-n1cnnn1.Nc1cc(F)c(Cl)cc1C(=O)O.O=C(O)c1cc(Cl)c(F)cc1-n1cnnn1. The number of halogens is 12. The number of nitriles is 1. The van der Waals surface area contributed by atoms with Crippen molar-refractivity contribution < 1.29 is 60.5 Å². The van der Waals surface area contributed by atoms with Crippen LogP contribution in [0.25, 0.3) is 28.4 Å². The van der Waals surface area contributed by atoms with Gasteiger partial charge < -0.3 is 37.5 Å². The minimum atomic E-state index is -1.24. The lowest BCUT2D eigenvalue weighted by Gasteiger charge is -2.20. The van der Waals surface area contributed by atoms with Gasteiger partial charge in [-0.3, -0.25) is 4.79 Å². The van der Waals surface area contributed by atoms with E-state index in [9.17, 15) is 45.5 Å². The fourth-order valence-corrected chi connectivity index (χ4v) is 8.14. The van der Waals surface area contributed by atoms with E-state index in [-0.39, 0.29) is 88.2 Å². The van der Waals surface area contributed by atoms with E-state index in [1.165, 1.54) is 69.7 Å². The lowest BCUT2D eigenvalue weighted by molar-refractivity contribution is 0.0522. The van der Waals surface area contributed by atoms with Crippen molar-refractivity contribution in [2.45, 2.75) is 39.5 Å². The molecule has 0 aliphatic heterocycles. The highest BCUT2D eigenvalue weighted by Crippen LogP contribution is 2.28. The van der Waals surface area contributed by atoms with Crippen molar-refractivity contribution in [1.29, 1.82) is 5.26 Å². The zero-order valence-electron chi connectivity index (χ0n) is 48.3. The summed E-state index contributed by atoms with van der Waals surface area (Å²) >= 11 is 33.3. The van der Waals surface area contributed by atoms with Crippen LogP contribution in [0.4, 0.5) is 36.8 Å². The zero-order chi connectivity index (χ0) is 70.7. The van der Waals surface area contributed by atoms with Gasteiger partial charge >= 0.3 is 18.0 Å². The number of rotatable bonds is 11. The van der Waals surface area contributed by atoms with Gasteiger partial charge in [-0.25, -0.2) is 50.1 Å². The third kappa shape index (κ3) is 20.2. The predicted molar refractivity (Wildman–Crippen MR) is 325 cm³/mol. The number of carboxylic acid groups (broad SMARTS) is 2. The van der Waals surface area contributed by atoms with Gasteiger partial charge in [0.05, 0.1) is 80.8 Å². The van der Waals surface area contributed by atoms with Crippen molar-refractivity contribution in [2.75, 3.05) is 5.73 Å². The van der Waals surface area contributed by atoms with E-state index in [1.54, 1.807) is 20.8 Å². The first kappa shape index (κ1) is 74.0. The molecular formula is C52H39Cl6F6N25O7. The number of carbonyl (C=O) groups is 4. The summed E-state index contributed by atoms with van der Waals surface area (Å²) < 4.78 is 90.2. The number of ether oxygens (including phenoxy) is 1. The van der Waals surface area contributed by atoms with E-state index in [4.69, 9.17) is 107 Å². The second-order valence-electron chi connectivity index (χ2n) is 18.9. The Morgan fingerprint density at radius 3 is 1.20 bits per heavy atom. The molecular weight excluding hydrogens is 1410 g/mol. The van der Waals surface area contributed by atoms with Crippen LogP contribution in [-0.2, 0) is 17.8 Å². The normalized spacial score (nSPS) is 10.5. The molecule has 32 nitrogen and oxygen atoms in total. The molecule has 0 fully saturated rings. The molecule has 0 atom stereocenters. The van der Waals surface area contributed by atoms with E-state index in [2.05, 4.69) is 82.9 Å². The molecule has 44 heteroatoms. The number of amides is 2. The Labute approximate surface area is 562 Å². The molecule has 5 heterocycles. The van der Waals surface area contributed by atoms with Crippen LogP contribution in [-0.4, -0.2) is 141 Å². The molecule has 0 radical (unpaired) electrons. The summed E-state index contributed by atoms with van der Waals surface area (Å²) in [7, 11) is 0. The van der Waals surface area contributed by atoms with Gasteiger partial charge in [-0.05, 0) is 126 Å². The monoisotopic (exact) mass is 1450 g/mol. The van der Waals surface area contributed by atoms with E-state index in [1.807, 2.05) is 6.07 Å².